The number of pyridine rings is 1. The summed E-state index contributed by atoms with van der Waals surface area (Å²) in [4.78, 5) is 9.23. The Morgan fingerprint density at radius 2 is 1.97 bits per heavy atom. The molecule has 0 spiro atoms. The Labute approximate surface area is 211 Å². The normalized spacial score (nSPS) is 20.6. The van der Waals surface area contributed by atoms with Crippen LogP contribution in [0.5, 0.6) is 0 Å². The topological polar surface area (TPSA) is 104 Å². The first-order chi connectivity index (χ1) is 17.8. The lowest BCUT2D eigenvalue weighted by Crippen LogP contribution is -2.43. The molecule has 2 atom stereocenters. The van der Waals surface area contributed by atoms with Crippen LogP contribution in [-0.4, -0.2) is 54.8 Å². The van der Waals surface area contributed by atoms with Crippen molar-refractivity contribution in [3.8, 4) is 0 Å². The van der Waals surface area contributed by atoms with Crippen molar-refractivity contribution in [1.82, 2.24) is 29.3 Å². The number of aliphatic hydroxyl groups excluding tert-OH is 1. The Hall–Kier alpha value is -3.38. The summed E-state index contributed by atoms with van der Waals surface area (Å²) in [7, 11) is 0. The lowest BCUT2D eigenvalue weighted by molar-refractivity contribution is -0.138. The first-order valence-electron chi connectivity index (χ1n) is 12.6. The van der Waals surface area contributed by atoms with Crippen molar-refractivity contribution in [3.63, 3.8) is 0 Å². The van der Waals surface area contributed by atoms with Crippen molar-refractivity contribution in [3.05, 3.63) is 53.1 Å². The number of halogens is 3. The number of nitrogens with one attached hydrogen (secondary N) is 3. The number of anilines is 2. The highest BCUT2D eigenvalue weighted by Gasteiger charge is 2.33. The number of rotatable bonds is 7. The molecular weight excluding hydrogens is 485 g/mol. The fourth-order valence-corrected chi connectivity index (χ4v) is 5.01. The van der Waals surface area contributed by atoms with Gasteiger partial charge in [0.05, 0.1) is 30.1 Å². The van der Waals surface area contributed by atoms with Gasteiger partial charge in [0.2, 0.25) is 0 Å². The van der Waals surface area contributed by atoms with E-state index in [1.807, 2.05) is 12.3 Å². The molecule has 37 heavy (non-hydrogen) atoms. The van der Waals surface area contributed by atoms with Gasteiger partial charge in [-0.3, -0.25) is 0 Å². The SMILES string of the molecule is Cc1cn2cc(CNc3cc(NC[C@H]4CCNC[C@@H]4O)nc4c(C5CC5)cnn34)nc2cc1C(F)(F)F. The molecule has 0 radical (unpaired) electrons. The highest BCUT2D eigenvalue weighted by molar-refractivity contribution is 5.61. The first-order valence-corrected chi connectivity index (χ1v) is 12.6. The average Bonchev–Trinajstić information content (AvgIpc) is 3.48. The molecule has 1 saturated heterocycles. The van der Waals surface area contributed by atoms with Gasteiger partial charge in [0.15, 0.2) is 5.65 Å². The number of hydrogen-bond donors (Lipinski definition) is 4. The number of hydrogen-bond acceptors (Lipinski definition) is 7. The van der Waals surface area contributed by atoms with Gasteiger partial charge in [0, 0.05) is 43.0 Å². The summed E-state index contributed by atoms with van der Waals surface area (Å²) in [6.07, 6.45) is 3.32. The van der Waals surface area contributed by atoms with E-state index in [1.165, 1.54) is 13.1 Å². The molecule has 1 aliphatic carbocycles. The quantitative estimate of drug-likeness (QED) is 0.299. The van der Waals surface area contributed by atoms with E-state index in [1.54, 1.807) is 15.1 Å². The number of imidazole rings is 1. The predicted octanol–water partition coefficient (Wildman–Crippen LogP) is 3.58. The molecule has 2 aliphatic rings. The van der Waals surface area contributed by atoms with Crippen molar-refractivity contribution < 1.29 is 18.3 Å². The molecule has 196 valence electrons. The zero-order valence-electron chi connectivity index (χ0n) is 20.4. The third-order valence-electron chi connectivity index (χ3n) is 7.25. The molecule has 6 rings (SSSR count). The van der Waals surface area contributed by atoms with Crippen LogP contribution in [0.15, 0.2) is 30.7 Å². The summed E-state index contributed by atoms with van der Waals surface area (Å²) in [5.41, 5.74) is 2.20. The third-order valence-corrected chi connectivity index (χ3v) is 7.25. The molecule has 0 unspecified atom stereocenters. The van der Waals surface area contributed by atoms with E-state index < -0.39 is 17.8 Å². The number of fused-ring (bicyclic) bond motifs is 2. The number of aryl methyl sites for hydroxylation is 1. The number of aliphatic hydroxyl groups is 1. The van der Waals surface area contributed by atoms with E-state index in [0.29, 0.717) is 42.9 Å². The minimum absolute atomic E-state index is 0.131. The molecule has 0 bridgehead atoms. The van der Waals surface area contributed by atoms with Crippen molar-refractivity contribution in [2.75, 3.05) is 30.3 Å². The fraction of sp³-hybridized carbons (Fsp3) is 0.480. The van der Waals surface area contributed by atoms with Crippen LogP contribution in [0.2, 0.25) is 0 Å². The summed E-state index contributed by atoms with van der Waals surface area (Å²) in [6.45, 7) is 3.81. The molecule has 0 aromatic carbocycles. The maximum Gasteiger partial charge on any atom is 0.416 e. The fourth-order valence-electron chi connectivity index (χ4n) is 5.01. The van der Waals surface area contributed by atoms with Gasteiger partial charge in [-0.25, -0.2) is 9.97 Å². The second-order valence-electron chi connectivity index (χ2n) is 10.1. The monoisotopic (exact) mass is 514 g/mol. The molecule has 1 saturated carbocycles. The smallest absolute Gasteiger partial charge is 0.391 e. The van der Waals surface area contributed by atoms with Crippen LogP contribution in [0.25, 0.3) is 11.3 Å². The first kappa shape index (κ1) is 24.0. The van der Waals surface area contributed by atoms with Gasteiger partial charge in [-0.1, -0.05) is 0 Å². The van der Waals surface area contributed by atoms with E-state index in [0.717, 1.165) is 43.1 Å². The number of aromatic nitrogens is 5. The molecule has 4 N–H and O–H groups in total. The summed E-state index contributed by atoms with van der Waals surface area (Å²) in [5.74, 6) is 1.98. The predicted molar refractivity (Wildman–Crippen MR) is 133 cm³/mol. The second kappa shape index (κ2) is 9.18. The Morgan fingerprint density at radius 1 is 1.14 bits per heavy atom. The number of nitrogens with zero attached hydrogens (tertiary/aromatic N) is 5. The van der Waals surface area contributed by atoms with Crippen LogP contribution >= 0.6 is 0 Å². The van der Waals surface area contributed by atoms with Crippen LogP contribution in [0.4, 0.5) is 24.8 Å². The van der Waals surface area contributed by atoms with E-state index in [2.05, 4.69) is 26.0 Å². The highest BCUT2D eigenvalue weighted by atomic mass is 19.4. The molecule has 0 amide bonds. The van der Waals surface area contributed by atoms with E-state index >= 15 is 0 Å². The molecule has 5 heterocycles. The maximum absolute atomic E-state index is 13.3. The highest BCUT2D eigenvalue weighted by Crippen LogP contribution is 2.42. The maximum atomic E-state index is 13.3. The van der Waals surface area contributed by atoms with Gasteiger partial charge >= 0.3 is 6.18 Å². The number of piperidine rings is 1. The standard InChI is InChI=1S/C25H29F3N8O/c1-14-12-35-13-17(33-23(35)6-19(14)25(26,27)28)9-31-22-7-21(30-8-16-4-5-29-11-20(16)37)34-24-18(15-2-3-15)10-32-36(22)24/h6-7,10,12-13,15-16,20,29,31,37H,2-5,8-9,11H2,1H3,(H,30,34)/t16-,20+/m1/s1. The van der Waals surface area contributed by atoms with Crippen LogP contribution in [0.1, 0.15) is 47.6 Å². The Morgan fingerprint density at radius 3 is 2.73 bits per heavy atom. The number of alkyl halides is 3. The van der Waals surface area contributed by atoms with Gasteiger partial charge < -0.3 is 25.5 Å². The van der Waals surface area contributed by atoms with Gasteiger partial charge in [0.1, 0.15) is 17.3 Å². The lowest BCUT2D eigenvalue weighted by atomic mass is 9.95. The van der Waals surface area contributed by atoms with Gasteiger partial charge in [-0.05, 0) is 50.3 Å². The lowest BCUT2D eigenvalue weighted by Gasteiger charge is -2.28. The van der Waals surface area contributed by atoms with Crippen LogP contribution in [0.3, 0.4) is 0 Å². The molecule has 4 aromatic heterocycles. The zero-order chi connectivity index (χ0) is 25.7. The molecular formula is C25H29F3N8O. The Bertz CT molecular complexity index is 1440. The van der Waals surface area contributed by atoms with Crippen molar-refractivity contribution in [2.45, 2.75) is 50.9 Å². The summed E-state index contributed by atoms with van der Waals surface area (Å²) < 4.78 is 43.3. The Kier molecular flexibility index (Phi) is 5.95. The van der Waals surface area contributed by atoms with Gasteiger partial charge in [-0.2, -0.15) is 22.8 Å². The summed E-state index contributed by atoms with van der Waals surface area (Å²) in [5, 5.41) is 24.8. The summed E-state index contributed by atoms with van der Waals surface area (Å²) >= 11 is 0. The van der Waals surface area contributed by atoms with Crippen molar-refractivity contribution in [1.29, 1.82) is 0 Å². The van der Waals surface area contributed by atoms with Crippen LogP contribution in [-0.2, 0) is 12.7 Å². The second-order valence-corrected chi connectivity index (χ2v) is 10.1. The van der Waals surface area contributed by atoms with E-state index in [9.17, 15) is 18.3 Å². The third kappa shape index (κ3) is 4.82. The number of β-amino-alcohol motifs (C(OH)–C–C–N with tert-alkyl or cyclic N) is 1. The molecule has 4 aromatic rings. The average molecular weight is 515 g/mol. The largest absolute Gasteiger partial charge is 0.416 e. The molecule has 12 heteroatoms. The van der Waals surface area contributed by atoms with E-state index in [-0.39, 0.29) is 17.1 Å². The van der Waals surface area contributed by atoms with Gasteiger partial charge in [0.25, 0.3) is 0 Å². The van der Waals surface area contributed by atoms with E-state index in [4.69, 9.17) is 4.98 Å². The van der Waals surface area contributed by atoms with Crippen molar-refractivity contribution >= 4 is 22.9 Å². The van der Waals surface area contributed by atoms with Crippen LogP contribution in [0, 0.1) is 12.8 Å². The molecule has 1 aliphatic heterocycles. The minimum Gasteiger partial charge on any atom is -0.391 e. The Balaban J connectivity index is 1.26. The minimum atomic E-state index is -4.42. The zero-order valence-corrected chi connectivity index (χ0v) is 20.4. The molecule has 9 nitrogen and oxygen atoms in total. The van der Waals surface area contributed by atoms with Gasteiger partial charge in [-0.15, -0.1) is 0 Å². The van der Waals surface area contributed by atoms with Crippen molar-refractivity contribution in [2.24, 2.45) is 5.92 Å². The molecule has 2 fully saturated rings. The van der Waals surface area contributed by atoms with Crippen LogP contribution < -0.4 is 16.0 Å². The summed E-state index contributed by atoms with van der Waals surface area (Å²) in [6, 6.07) is 2.95.